The number of benzene rings is 1. The second kappa shape index (κ2) is 5.22. The number of nitrogens with one attached hydrogen (secondary N) is 2. The molecule has 0 aliphatic carbocycles. The molecule has 3 rings (SSSR count). The molecule has 1 atom stereocenters. The van der Waals surface area contributed by atoms with Gasteiger partial charge in [-0.05, 0) is 24.6 Å². The van der Waals surface area contributed by atoms with Gasteiger partial charge in [-0.15, -0.1) is 0 Å². The number of H-pyrrole nitrogens is 2. The highest BCUT2D eigenvalue weighted by molar-refractivity contribution is 5.76. The topological polar surface area (TPSA) is 74.4 Å². The van der Waals surface area contributed by atoms with Crippen molar-refractivity contribution in [2.75, 3.05) is 0 Å². The summed E-state index contributed by atoms with van der Waals surface area (Å²) in [6, 6.07) is 4.89. The fourth-order valence-electron chi connectivity index (χ4n) is 2.46. The molecule has 0 fully saturated rings. The van der Waals surface area contributed by atoms with Gasteiger partial charge in [0.1, 0.15) is 16.9 Å². The van der Waals surface area contributed by atoms with Gasteiger partial charge in [0.15, 0.2) is 0 Å². The molecule has 0 spiro atoms. The lowest BCUT2D eigenvalue weighted by molar-refractivity contribution is -0.137. The third-order valence-corrected chi connectivity index (χ3v) is 3.72. The van der Waals surface area contributed by atoms with Crippen LogP contribution in [0.5, 0.6) is 0 Å². The molecule has 2 heterocycles. The van der Waals surface area contributed by atoms with Crippen molar-refractivity contribution >= 4 is 11.0 Å². The third-order valence-electron chi connectivity index (χ3n) is 3.72. The van der Waals surface area contributed by atoms with E-state index in [1.165, 1.54) is 12.1 Å². The van der Waals surface area contributed by atoms with E-state index in [0.717, 1.165) is 12.1 Å². The fraction of sp³-hybridized carbons (Fsp3) is 0.267. The quantitative estimate of drug-likeness (QED) is 0.761. The van der Waals surface area contributed by atoms with Crippen molar-refractivity contribution in [2.24, 2.45) is 0 Å². The lowest BCUT2D eigenvalue weighted by Gasteiger charge is -2.12. The van der Waals surface area contributed by atoms with Crippen LogP contribution in [-0.4, -0.2) is 20.2 Å². The molecule has 2 N–H and O–H groups in total. The number of halogens is 3. The molecule has 0 radical (unpaired) electrons. The summed E-state index contributed by atoms with van der Waals surface area (Å²) in [5.41, 5.74) is 0.833. The van der Waals surface area contributed by atoms with Gasteiger partial charge in [-0.25, -0.2) is 4.98 Å². The number of aryl methyl sites for hydroxylation is 1. The molecule has 0 unspecified atom stereocenters. The highest BCUT2D eigenvalue weighted by atomic mass is 19.4. The van der Waals surface area contributed by atoms with Crippen molar-refractivity contribution in [1.29, 1.82) is 0 Å². The number of nitrogens with zero attached hydrogens (tertiary/aromatic N) is 2. The fourth-order valence-corrected chi connectivity index (χ4v) is 2.46. The van der Waals surface area contributed by atoms with E-state index in [4.69, 9.17) is 0 Å². The van der Waals surface area contributed by atoms with Crippen LogP contribution in [0.4, 0.5) is 13.2 Å². The van der Waals surface area contributed by atoms with Gasteiger partial charge in [0.05, 0.1) is 11.3 Å². The molecule has 1 aromatic carbocycles. The summed E-state index contributed by atoms with van der Waals surface area (Å²) in [7, 11) is 0. The van der Waals surface area contributed by atoms with Crippen molar-refractivity contribution < 1.29 is 13.2 Å². The Kier molecular flexibility index (Phi) is 3.46. The zero-order chi connectivity index (χ0) is 16.8. The van der Waals surface area contributed by atoms with Gasteiger partial charge in [0.25, 0.3) is 5.56 Å². The van der Waals surface area contributed by atoms with Crippen LogP contribution in [0.2, 0.25) is 0 Å². The smallest absolute Gasteiger partial charge is 0.309 e. The van der Waals surface area contributed by atoms with E-state index in [0.29, 0.717) is 22.6 Å². The summed E-state index contributed by atoms with van der Waals surface area (Å²) in [6.07, 6.45) is -4.37. The molecular formula is C15H13F3N4O. The molecule has 2 aromatic heterocycles. The molecule has 120 valence electrons. The Morgan fingerprint density at radius 3 is 2.43 bits per heavy atom. The van der Waals surface area contributed by atoms with E-state index >= 15 is 0 Å². The van der Waals surface area contributed by atoms with E-state index in [9.17, 15) is 18.0 Å². The Morgan fingerprint density at radius 1 is 1.17 bits per heavy atom. The van der Waals surface area contributed by atoms with Gasteiger partial charge >= 0.3 is 6.18 Å². The number of aromatic amines is 2. The van der Waals surface area contributed by atoms with Crippen molar-refractivity contribution in [2.45, 2.75) is 25.9 Å². The summed E-state index contributed by atoms with van der Waals surface area (Å²) < 4.78 is 37.9. The number of rotatable bonds is 2. The normalized spacial score (nSPS) is 13.4. The molecule has 0 aliphatic rings. The first-order valence-electron chi connectivity index (χ1n) is 6.89. The van der Waals surface area contributed by atoms with Crippen LogP contribution in [0.25, 0.3) is 11.0 Å². The molecule has 0 amide bonds. The van der Waals surface area contributed by atoms with Crippen molar-refractivity contribution in [3.8, 4) is 0 Å². The number of hydrogen-bond acceptors (Lipinski definition) is 3. The van der Waals surface area contributed by atoms with Gasteiger partial charge in [0, 0.05) is 5.92 Å². The monoisotopic (exact) mass is 322 g/mol. The lowest BCUT2D eigenvalue weighted by Crippen LogP contribution is -2.10. The zero-order valence-electron chi connectivity index (χ0n) is 12.3. The van der Waals surface area contributed by atoms with Crippen molar-refractivity contribution in [1.82, 2.24) is 20.2 Å². The molecule has 3 aromatic rings. The Balaban J connectivity index is 2.04. The molecule has 0 bridgehead atoms. The average molecular weight is 322 g/mol. The largest absolute Gasteiger partial charge is 0.416 e. The van der Waals surface area contributed by atoms with E-state index < -0.39 is 11.7 Å². The van der Waals surface area contributed by atoms with Gasteiger partial charge in [-0.2, -0.15) is 18.3 Å². The van der Waals surface area contributed by atoms with E-state index in [1.807, 2.05) is 0 Å². The minimum Gasteiger partial charge on any atom is -0.309 e. The minimum absolute atomic E-state index is 0.254. The highest BCUT2D eigenvalue weighted by Gasteiger charge is 2.30. The average Bonchev–Trinajstić information content (AvgIpc) is 2.89. The number of hydrogen-bond donors (Lipinski definition) is 2. The van der Waals surface area contributed by atoms with Crippen LogP contribution >= 0.6 is 0 Å². The van der Waals surface area contributed by atoms with E-state index in [-0.39, 0.29) is 17.0 Å². The first-order valence-corrected chi connectivity index (χ1v) is 6.89. The molecule has 8 heteroatoms. The Bertz CT molecular complexity index is 909. The maximum atomic E-state index is 12.6. The number of aromatic nitrogens is 4. The Hall–Kier alpha value is -2.64. The van der Waals surface area contributed by atoms with Gasteiger partial charge in [0.2, 0.25) is 0 Å². The predicted molar refractivity (Wildman–Crippen MR) is 78.2 cm³/mol. The molecule has 5 nitrogen and oxygen atoms in total. The second-order valence-corrected chi connectivity index (χ2v) is 5.33. The Labute approximate surface area is 128 Å². The molecule has 0 aliphatic heterocycles. The zero-order valence-corrected chi connectivity index (χ0v) is 12.3. The number of alkyl halides is 3. The summed E-state index contributed by atoms with van der Waals surface area (Å²) in [6.45, 7) is 3.46. The van der Waals surface area contributed by atoms with Crippen LogP contribution in [0, 0.1) is 6.92 Å². The standard InChI is InChI=1S/C15H13F3N4O/c1-7(9-3-5-10(6-4-9)15(16,17)18)11-12-13(22-21-11)14(23)20-8(2)19-12/h3-7H,1-2H3,(H,21,22)(H,19,20,23)/t7-/m0/s1. The maximum Gasteiger partial charge on any atom is 0.416 e. The summed E-state index contributed by atoms with van der Waals surface area (Å²) in [5, 5.41) is 6.75. The summed E-state index contributed by atoms with van der Waals surface area (Å²) >= 11 is 0. The first-order chi connectivity index (χ1) is 10.8. The van der Waals surface area contributed by atoms with Crippen molar-refractivity contribution in [3.63, 3.8) is 0 Å². The van der Waals surface area contributed by atoms with Crippen molar-refractivity contribution in [3.05, 3.63) is 57.3 Å². The van der Waals surface area contributed by atoms with Crippen LogP contribution in [-0.2, 0) is 6.18 Å². The molecule has 0 saturated heterocycles. The van der Waals surface area contributed by atoms with Gasteiger partial charge < -0.3 is 4.98 Å². The summed E-state index contributed by atoms with van der Waals surface area (Å²) in [4.78, 5) is 18.7. The third kappa shape index (κ3) is 2.71. The van der Waals surface area contributed by atoms with Crippen LogP contribution in [0.3, 0.4) is 0 Å². The lowest BCUT2D eigenvalue weighted by atomic mass is 9.96. The molecule has 0 saturated carbocycles. The Morgan fingerprint density at radius 2 is 1.83 bits per heavy atom. The van der Waals surface area contributed by atoms with E-state index in [1.54, 1.807) is 13.8 Å². The van der Waals surface area contributed by atoms with Crippen LogP contribution in [0.15, 0.2) is 29.1 Å². The van der Waals surface area contributed by atoms with Crippen LogP contribution in [0.1, 0.15) is 35.5 Å². The predicted octanol–water partition coefficient (Wildman–Crippen LogP) is 3.13. The van der Waals surface area contributed by atoms with Crippen LogP contribution < -0.4 is 5.56 Å². The maximum absolute atomic E-state index is 12.6. The summed E-state index contributed by atoms with van der Waals surface area (Å²) in [5.74, 6) is 0.143. The number of fused-ring (bicyclic) bond motifs is 1. The SMILES string of the molecule is Cc1nc2c([C@@H](C)c3ccc(C(F)(F)F)cc3)n[nH]c2c(=O)[nH]1. The first kappa shape index (κ1) is 15.3. The molecular weight excluding hydrogens is 309 g/mol. The van der Waals surface area contributed by atoms with Gasteiger partial charge in [-0.3, -0.25) is 9.89 Å². The molecule has 23 heavy (non-hydrogen) atoms. The highest BCUT2D eigenvalue weighted by Crippen LogP contribution is 2.32. The van der Waals surface area contributed by atoms with E-state index in [2.05, 4.69) is 20.2 Å². The second-order valence-electron chi connectivity index (χ2n) is 5.33. The van der Waals surface area contributed by atoms with Gasteiger partial charge in [-0.1, -0.05) is 19.1 Å². The minimum atomic E-state index is -4.37.